The van der Waals surface area contributed by atoms with Crippen molar-refractivity contribution in [1.29, 1.82) is 0 Å². The van der Waals surface area contributed by atoms with Gasteiger partial charge in [-0.1, -0.05) is 25.8 Å². The molecule has 0 aliphatic heterocycles. The van der Waals surface area contributed by atoms with Crippen molar-refractivity contribution in [1.82, 2.24) is 10.6 Å². The fraction of sp³-hybridized carbons (Fsp3) is 0.600. The summed E-state index contributed by atoms with van der Waals surface area (Å²) in [6.07, 6.45) is 5.24. The zero-order chi connectivity index (χ0) is 18.2. The van der Waals surface area contributed by atoms with Gasteiger partial charge in [-0.25, -0.2) is 0 Å². The molecule has 0 spiro atoms. The van der Waals surface area contributed by atoms with Gasteiger partial charge in [0.2, 0.25) is 11.8 Å². The normalized spacial score (nSPS) is 15.6. The van der Waals surface area contributed by atoms with Crippen LogP contribution in [0.4, 0.5) is 0 Å². The van der Waals surface area contributed by atoms with Gasteiger partial charge in [0.15, 0.2) is 0 Å². The summed E-state index contributed by atoms with van der Waals surface area (Å²) in [6.45, 7) is 6.72. The van der Waals surface area contributed by atoms with Crippen LogP contribution in [0.5, 0.6) is 5.75 Å². The van der Waals surface area contributed by atoms with E-state index in [-0.39, 0.29) is 17.7 Å². The molecular formula is C20H30N2O3. The zero-order valence-corrected chi connectivity index (χ0v) is 15.6. The van der Waals surface area contributed by atoms with E-state index in [0.717, 1.165) is 49.0 Å². The molecule has 25 heavy (non-hydrogen) atoms. The first-order valence-corrected chi connectivity index (χ1v) is 9.28. The van der Waals surface area contributed by atoms with E-state index in [4.69, 9.17) is 4.74 Å². The molecular weight excluding hydrogens is 316 g/mol. The van der Waals surface area contributed by atoms with Crippen molar-refractivity contribution < 1.29 is 14.3 Å². The predicted octanol–water partition coefficient (Wildman–Crippen LogP) is 3.09. The van der Waals surface area contributed by atoms with Gasteiger partial charge in [-0.3, -0.25) is 9.59 Å². The Morgan fingerprint density at radius 3 is 2.60 bits per heavy atom. The van der Waals surface area contributed by atoms with E-state index in [1.165, 1.54) is 6.92 Å². The molecule has 5 nitrogen and oxygen atoms in total. The van der Waals surface area contributed by atoms with Gasteiger partial charge in [0.05, 0.1) is 6.61 Å². The summed E-state index contributed by atoms with van der Waals surface area (Å²) in [5.41, 5.74) is 2.15. The Morgan fingerprint density at radius 1 is 1.28 bits per heavy atom. The fourth-order valence-corrected chi connectivity index (χ4v) is 3.38. The van der Waals surface area contributed by atoms with E-state index < -0.39 is 6.04 Å². The minimum Gasteiger partial charge on any atom is -0.494 e. The van der Waals surface area contributed by atoms with Gasteiger partial charge < -0.3 is 15.4 Å². The Kier molecular flexibility index (Phi) is 7.29. The highest BCUT2D eigenvalue weighted by molar-refractivity contribution is 5.87. The molecule has 1 fully saturated rings. The molecule has 1 aliphatic carbocycles. The maximum absolute atomic E-state index is 12.6. The van der Waals surface area contributed by atoms with Crippen LogP contribution in [0.3, 0.4) is 0 Å². The lowest BCUT2D eigenvalue weighted by atomic mass is 9.97. The molecule has 0 heterocycles. The second-order valence-corrected chi connectivity index (χ2v) is 6.88. The van der Waals surface area contributed by atoms with Crippen LogP contribution in [-0.4, -0.2) is 24.5 Å². The Bertz CT molecular complexity index is 595. The molecule has 1 aromatic rings. The molecule has 2 rings (SSSR count). The van der Waals surface area contributed by atoms with E-state index in [0.29, 0.717) is 13.2 Å². The van der Waals surface area contributed by atoms with Crippen LogP contribution in [0.1, 0.15) is 57.1 Å². The van der Waals surface area contributed by atoms with Crippen molar-refractivity contribution in [3.05, 3.63) is 29.3 Å². The second kappa shape index (κ2) is 9.44. The van der Waals surface area contributed by atoms with Crippen LogP contribution >= 0.6 is 0 Å². The summed E-state index contributed by atoms with van der Waals surface area (Å²) in [5.74, 6) is 0.861. The van der Waals surface area contributed by atoms with Crippen LogP contribution in [-0.2, 0) is 16.1 Å². The highest BCUT2D eigenvalue weighted by atomic mass is 16.5. The highest BCUT2D eigenvalue weighted by Gasteiger charge is 2.31. The van der Waals surface area contributed by atoms with Crippen LogP contribution in [0, 0.1) is 12.8 Å². The molecule has 0 bridgehead atoms. The van der Waals surface area contributed by atoms with Gasteiger partial charge in [-0.05, 0) is 55.4 Å². The molecule has 0 radical (unpaired) electrons. The lowest BCUT2D eigenvalue weighted by molar-refractivity contribution is -0.129. The molecule has 1 aliphatic rings. The number of carbonyl (C=O) groups excluding carboxylic acids is 2. The van der Waals surface area contributed by atoms with Crippen molar-refractivity contribution in [2.75, 3.05) is 6.61 Å². The highest BCUT2D eigenvalue weighted by Crippen LogP contribution is 2.28. The van der Waals surface area contributed by atoms with E-state index in [1.807, 2.05) is 25.1 Å². The van der Waals surface area contributed by atoms with Crippen molar-refractivity contribution >= 4 is 11.8 Å². The Hall–Kier alpha value is -2.04. The summed E-state index contributed by atoms with van der Waals surface area (Å²) in [4.78, 5) is 24.1. The summed E-state index contributed by atoms with van der Waals surface area (Å²) in [5, 5.41) is 5.82. The van der Waals surface area contributed by atoms with Crippen LogP contribution in [0.15, 0.2) is 18.2 Å². The van der Waals surface area contributed by atoms with Gasteiger partial charge in [0.1, 0.15) is 11.8 Å². The molecule has 0 saturated heterocycles. The standard InChI is InChI=1S/C20H30N2O3/c1-4-11-25-18-10-9-17(14(2)12-18)13-21-20(24)19(22-15(3)23)16-7-5-6-8-16/h9-10,12,16,19H,4-8,11,13H2,1-3H3,(H,21,24)(H,22,23). The van der Waals surface area contributed by atoms with Crippen LogP contribution in [0.2, 0.25) is 0 Å². The van der Waals surface area contributed by atoms with E-state index in [1.54, 1.807) is 0 Å². The van der Waals surface area contributed by atoms with Crippen molar-refractivity contribution in [2.24, 2.45) is 5.92 Å². The Labute approximate surface area is 150 Å². The summed E-state index contributed by atoms with van der Waals surface area (Å²) >= 11 is 0. The van der Waals surface area contributed by atoms with Crippen molar-refractivity contribution in [3.8, 4) is 5.75 Å². The fourth-order valence-electron chi connectivity index (χ4n) is 3.38. The molecule has 1 saturated carbocycles. The molecule has 0 aromatic heterocycles. The molecule has 5 heteroatoms. The van der Waals surface area contributed by atoms with E-state index in [2.05, 4.69) is 17.6 Å². The topological polar surface area (TPSA) is 67.4 Å². The summed E-state index contributed by atoms with van der Waals surface area (Å²) < 4.78 is 5.63. The smallest absolute Gasteiger partial charge is 0.243 e. The molecule has 1 aromatic carbocycles. The van der Waals surface area contributed by atoms with Crippen LogP contribution < -0.4 is 15.4 Å². The summed E-state index contributed by atoms with van der Waals surface area (Å²) in [6, 6.07) is 5.50. The molecule has 2 amide bonds. The first kappa shape index (κ1) is 19.3. The number of rotatable bonds is 8. The SMILES string of the molecule is CCCOc1ccc(CNC(=O)C(NC(C)=O)C2CCCC2)c(C)c1. The molecule has 138 valence electrons. The minimum absolute atomic E-state index is 0.0900. The number of benzene rings is 1. The maximum Gasteiger partial charge on any atom is 0.243 e. The van der Waals surface area contributed by atoms with Gasteiger partial charge in [-0.15, -0.1) is 0 Å². The van der Waals surface area contributed by atoms with Gasteiger partial charge in [0, 0.05) is 13.5 Å². The number of hydrogen-bond acceptors (Lipinski definition) is 3. The minimum atomic E-state index is -0.424. The van der Waals surface area contributed by atoms with Crippen molar-refractivity contribution in [2.45, 2.75) is 65.5 Å². The van der Waals surface area contributed by atoms with Gasteiger partial charge >= 0.3 is 0 Å². The quantitative estimate of drug-likeness (QED) is 0.760. The van der Waals surface area contributed by atoms with E-state index >= 15 is 0 Å². The number of nitrogens with one attached hydrogen (secondary N) is 2. The third-order valence-corrected chi connectivity index (χ3v) is 4.75. The van der Waals surface area contributed by atoms with Gasteiger partial charge in [-0.2, -0.15) is 0 Å². The largest absolute Gasteiger partial charge is 0.494 e. The molecule has 2 N–H and O–H groups in total. The Balaban J connectivity index is 1.95. The predicted molar refractivity (Wildman–Crippen MR) is 98.4 cm³/mol. The van der Waals surface area contributed by atoms with Crippen LogP contribution in [0.25, 0.3) is 0 Å². The van der Waals surface area contributed by atoms with Gasteiger partial charge in [0.25, 0.3) is 0 Å². The lowest BCUT2D eigenvalue weighted by Gasteiger charge is -2.23. The lowest BCUT2D eigenvalue weighted by Crippen LogP contribution is -2.49. The maximum atomic E-state index is 12.6. The average molecular weight is 346 g/mol. The summed E-state index contributed by atoms with van der Waals surface area (Å²) in [7, 11) is 0. The number of ether oxygens (including phenoxy) is 1. The number of carbonyl (C=O) groups is 2. The molecule has 1 unspecified atom stereocenters. The molecule has 1 atom stereocenters. The Morgan fingerprint density at radius 2 is 2.00 bits per heavy atom. The first-order chi connectivity index (χ1) is 12.0. The zero-order valence-electron chi connectivity index (χ0n) is 15.6. The van der Waals surface area contributed by atoms with E-state index in [9.17, 15) is 9.59 Å². The monoisotopic (exact) mass is 346 g/mol. The number of aryl methyl sites for hydroxylation is 1. The van der Waals surface area contributed by atoms with Crippen molar-refractivity contribution in [3.63, 3.8) is 0 Å². The second-order valence-electron chi connectivity index (χ2n) is 6.88. The first-order valence-electron chi connectivity index (χ1n) is 9.28. The number of amides is 2. The average Bonchev–Trinajstić information content (AvgIpc) is 3.10. The third kappa shape index (κ3) is 5.76. The third-order valence-electron chi connectivity index (χ3n) is 4.75. The number of hydrogen-bond donors (Lipinski definition) is 2.